The third kappa shape index (κ3) is 3.49. The normalized spacial score (nSPS) is 30.4. The second kappa shape index (κ2) is 5.94. The van der Waals surface area contributed by atoms with Gasteiger partial charge in [0.1, 0.15) is 0 Å². The highest BCUT2D eigenvalue weighted by atomic mass is 16.1. The van der Waals surface area contributed by atoms with Crippen LogP contribution in [0.3, 0.4) is 0 Å². The summed E-state index contributed by atoms with van der Waals surface area (Å²) in [6.45, 7) is 6.19. The molecule has 0 aromatic carbocycles. The maximum atomic E-state index is 11.5. The van der Waals surface area contributed by atoms with Gasteiger partial charge in [0.05, 0.1) is 0 Å². The molecule has 106 valence electrons. The molecule has 0 aromatic rings. The Morgan fingerprint density at radius 2 is 2.00 bits per heavy atom. The lowest BCUT2D eigenvalue weighted by Gasteiger charge is -2.43. The van der Waals surface area contributed by atoms with Crippen LogP contribution >= 0.6 is 0 Å². The fourth-order valence-corrected chi connectivity index (χ4v) is 3.74. The summed E-state index contributed by atoms with van der Waals surface area (Å²) >= 11 is 0. The van der Waals surface area contributed by atoms with Crippen molar-refractivity contribution >= 4 is 5.91 Å². The molecule has 0 bridgehead atoms. The van der Waals surface area contributed by atoms with Crippen LogP contribution < -0.4 is 5.32 Å². The van der Waals surface area contributed by atoms with Crippen molar-refractivity contribution in [1.82, 2.24) is 5.32 Å². The smallest absolute Gasteiger partial charge is 0.217 e. The Morgan fingerprint density at radius 1 is 1.32 bits per heavy atom. The van der Waals surface area contributed by atoms with Gasteiger partial charge in [-0.1, -0.05) is 50.0 Å². The lowest BCUT2D eigenvalue weighted by molar-refractivity contribution is -0.120. The van der Waals surface area contributed by atoms with E-state index in [9.17, 15) is 4.79 Å². The number of nitrogens with one attached hydrogen (secondary N) is 1. The van der Waals surface area contributed by atoms with Gasteiger partial charge < -0.3 is 5.32 Å². The van der Waals surface area contributed by atoms with Crippen LogP contribution in [0.15, 0.2) is 23.8 Å². The minimum atomic E-state index is 0.0933. The van der Waals surface area contributed by atoms with Gasteiger partial charge in [0.25, 0.3) is 0 Å². The molecule has 2 atom stereocenters. The predicted molar refractivity (Wildman–Crippen MR) is 79.8 cm³/mol. The number of hydrogen-bond acceptors (Lipinski definition) is 1. The highest BCUT2D eigenvalue weighted by Gasteiger charge is 2.38. The lowest BCUT2D eigenvalue weighted by atomic mass is 9.64. The highest BCUT2D eigenvalue weighted by molar-refractivity contribution is 5.73. The van der Waals surface area contributed by atoms with Gasteiger partial charge >= 0.3 is 0 Å². The van der Waals surface area contributed by atoms with Crippen LogP contribution in [-0.2, 0) is 4.79 Å². The maximum Gasteiger partial charge on any atom is 0.217 e. The molecule has 1 N–H and O–H groups in total. The van der Waals surface area contributed by atoms with Crippen LogP contribution in [0.5, 0.6) is 0 Å². The first kappa shape index (κ1) is 14.4. The molecule has 0 aliphatic heterocycles. The molecular weight excluding hydrogens is 234 g/mol. The SMILES string of the molecule is CC(=O)NC1CC=C(C)C=CC1C1(C)CCCCC1. The fourth-order valence-electron chi connectivity index (χ4n) is 3.74. The van der Waals surface area contributed by atoms with E-state index in [1.807, 2.05) is 0 Å². The predicted octanol–water partition coefficient (Wildman–Crippen LogP) is 3.98. The Kier molecular flexibility index (Phi) is 4.49. The van der Waals surface area contributed by atoms with Crippen molar-refractivity contribution in [3.8, 4) is 0 Å². The molecule has 1 amide bonds. The number of carbonyl (C=O) groups is 1. The summed E-state index contributed by atoms with van der Waals surface area (Å²) in [5.74, 6) is 0.557. The fraction of sp³-hybridized carbons (Fsp3) is 0.706. The molecular formula is C17H27NO. The summed E-state index contributed by atoms with van der Waals surface area (Å²) in [4.78, 5) is 11.5. The molecule has 2 aliphatic carbocycles. The zero-order chi connectivity index (χ0) is 13.9. The van der Waals surface area contributed by atoms with Gasteiger partial charge in [0, 0.05) is 18.9 Å². The Hall–Kier alpha value is -1.05. The van der Waals surface area contributed by atoms with Crippen LogP contribution in [0.2, 0.25) is 0 Å². The van der Waals surface area contributed by atoms with Crippen molar-refractivity contribution in [2.45, 2.75) is 65.3 Å². The van der Waals surface area contributed by atoms with Crippen LogP contribution in [0.4, 0.5) is 0 Å². The van der Waals surface area contributed by atoms with Gasteiger partial charge in [-0.25, -0.2) is 0 Å². The molecule has 1 saturated carbocycles. The largest absolute Gasteiger partial charge is 0.353 e. The quantitative estimate of drug-likeness (QED) is 0.800. The minimum absolute atomic E-state index is 0.0933. The maximum absolute atomic E-state index is 11.5. The van der Waals surface area contributed by atoms with Gasteiger partial charge in [0.15, 0.2) is 0 Å². The minimum Gasteiger partial charge on any atom is -0.353 e. The van der Waals surface area contributed by atoms with E-state index in [2.05, 4.69) is 37.4 Å². The van der Waals surface area contributed by atoms with E-state index in [0.29, 0.717) is 11.3 Å². The molecule has 2 rings (SSSR count). The Labute approximate surface area is 117 Å². The number of hydrogen-bond donors (Lipinski definition) is 1. The van der Waals surface area contributed by atoms with E-state index in [1.54, 1.807) is 6.92 Å². The number of allylic oxidation sites excluding steroid dienone is 2. The summed E-state index contributed by atoms with van der Waals surface area (Å²) in [6.07, 6.45) is 14.4. The molecule has 2 nitrogen and oxygen atoms in total. The third-order valence-corrected chi connectivity index (χ3v) is 4.88. The van der Waals surface area contributed by atoms with Crippen molar-refractivity contribution in [2.75, 3.05) is 0 Å². The first-order chi connectivity index (χ1) is 9.01. The second-order valence-corrected chi connectivity index (χ2v) is 6.59. The summed E-state index contributed by atoms with van der Waals surface area (Å²) in [7, 11) is 0. The molecule has 0 aromatic heterocycles. The summed E-state index contributed by atoms with van der Waals surface area (Å²) in [5, 5.41) is 3.18. The molecule has 0 heterocycles. The van der Waals surface area contributed by atoms with Crippen molar-refractivity contribution in [3.63, 3.8) is 0 Å². The number of amides is 1. The summed E-state index contributed by atoms with van der Waals surface area (Å²) in [5.41, 5.74) is 1.66. The van der Waals surface area contributed by atoms with Gasteiger partial charge in [-0.05, 0) is 31.6 Å². The average Bonchev–Trinajstić information content (AvgIpc) is 2.53. The van der Waals surface area contributed by atoms with Crippen molar-refractivity contribution in [3.05, 3.63) is 23.8 Å². The Balaban J connectivity index is 2.22. The first-order valence-corrected chi connectivity index (χ1v) is 7.63. The number of carbonyl (C=O) groups excluding carboxylic acids is 1. The second-order valence-electron chi connectivity index (χ2n) is 6.59. The lowest BCUT2D eigenvalue weighted by Crippen LogP contribution is -2.45. The van der Waals surface area contributed by atoms with Crippen molar-refractivity contribution in [2.24, 2.45) is 11.3 Å². The molecule has 2 aliphatic rings. The van der Waals surface area contributed by atoms with Gasteiger partial charge in [-0.2, -0.15) is 0 Å². The number of rotatable bonds is 2. The van der Waals surface area contributed by atoms with Crippen LogP contribution in [0.25, 0.3) is 0 Å². The van der Waals surface area contributed by atoms with Gasteiger partial charge in [-0.15, -0.1) is 0 Å². The standard InChI is InChI=1S/C17H27NO/c1-13-7-9-15(16(10-8-13)18-14(2)19)17(3)11-5-4-6-12-17/h7-9,15-16H,4-6,10-12H2,1-3H3,(H,18,19). The molecule has 19 heavy (non-hydrogen) atoms. The third-order valence-electron chi connectivity index (χ3n) is 4.88. The van der Waals surface area contributed by atoms with Crippen LogP contribution in [0, 0.1) is 11.3 Å². The van der Waals surface area contributed by atoms with Crippen LogP contribution in [-0.4, -0.2) is 11.9 Å². The summed E-state index contributed by atoms with van der Waals surface area (Å²) < 4.78 is 0. The zero-order valence-electron chi connectivity index (χ0n) is 12.5. The molecule has 0 saturated heterocycles. The van der Waals surface area contributed by atoms with E-state index in [-0.39, 0.29) is 11.9 Å². The molecule has 1 fully saturated rings. The molecule has 0 radical (unpaired) electrons. The monoisotopic (exact) mass is 261 g/mol. The Bertz CT molecular complexity index is 388. The van der Waals surface area contributed by atoms with E-state index in [1.165, 1.54) is 37.7 Å². The van der Waals surface area contributed by atoms with Gasteiger partial charge in [-0.3, -0.25) is 4.79 Å². The van der Waals surface area contributed by atoms with Crippen LogP contribution in [0.1, 0.15) is 59.3 Å². The van der Waals surface area contributed by atoms with Gasteiger partial charge in [0.2, 0.25) is 5.91 Å². The van der Waals surface area contributed by atoms with E-state index in [0.717, 1.165) is 6.42 Å². The molecule has 2 heteroatoms. The summed E-state index contributed by atoms with van der Waals surface area (Å²) in [6, 6.07) is 0.259. The molecule has 0 spiro atoms. The molecule has 2 unspecified atom stereocenters. The highest BCUT2D eigenvalue weighted by Crippen LogP contribution is 2.45. The van der Waals surface area contributed by atoms with Crippen molar-refractivity contribution < 1.29 is 4.79 Å². The first-order valence-electron chi connectivity index (χ1n) is 7.63. The van der Waals surface area contributed by atoms with E-state index in [4.69, 9.17) is 0 Å². The topological polar surface area (TPSA) is 29.1 Å². The van der Waals surface area contributed by atoms with E-state index >= 15 is 0 Å². The van der Waals surface area contributed by atoms with Crippen molar-refractivity contribution in [1.29, 1.82) is 0 Å². The van der Waals surface area contributed by atoms with E-state index < -0.39 is 0 Å². The zero-order valence-corrected chi connectivity index (χ0v) is 12.5. The Morgan fingerprint density at radius 3 is 2.63 bits per heavy atom. The average molecular weight is 261 g/mol.